The van der Waals surface area contributed by atoms with Crippen LogP contribution >= 0.6 is 8.58 Å². The van der Waals surface area contributed by atoms with Gasteiger partial charge in [-0.1, -0.05) is 38.5 Å². The van der Waals surface area contributed by atoms with E-state index in [1.807, 2.05) is 0 Å². The molecule has 2 aliphatic carbocycles. The summed E-state index contributed by atoms with van der Waals surface area (Å²) in [4.78, 5) is 0. The summed E-state index contributed by atoms with van der Waals surface area (Å²) in [6.07, 6.45) is 15.4. The summed E-state index contributed by atoms with van der Waals surface area (Å²) < 4.78 is 0. The van der Waals surface area contributed by atoms with Gasteiger partial charge in [-0.05, 0) is 37.0 Å². The fraction of sp³-hybridized carbons (Fsp3) is 1.00. The predicted octanol–water partition coefficient (Wildman–Crippen LogP) is 3.95. The van der Waals surface area contributed by atoms with Crippen LogP contribution in [0.2, 0.25) is 0 Å². The quantitative estimate of drug-likeness (QED) is 0.473. The van der Waals surface area contributed by atoms with Gasteiger partial charge in [0.05, 0.1) is 0 Å². The van der Waals surface area contributed by atoms with Crippen LogP contribution in [0.3, 0.4) is 0 Å². The maximum atomic E-state index is 1.56. The van der Waals surface area contributed by atoms with Crippen molar-refractivity contribution in [3.8, 4) is 0 Å². The van der Waals surface area contributed by atoms with Crippen LogP contribution in [0.25, 0.3) is 0 Å². The minimum absolute atomic E-state index is 0. The smallest absolute Gasteiger partial charge is 0 e. The second-order valence-corrected chi connectivity index (χ2v) is 6.80. The molecule has 2 heteroatoms. The average molecular weight is 205 g/mol. The van der Waals surface area contributed by atoms with Gasteiger partial charge < -0.3 is 0 Å². The Morgan fingerprint density at radius 2 is 0.929 bits per heavy atom. The summed E-state index contributed by atoms with van der Waals surface area (Å²) in [6.45, 7) is 0. The van der Waals surface area contributed by atoms with E-state index in [0.29, 0.717) is 0 Å². The average Bonchev–Trinajstić information content (AvgIpc) is 2.21. The van der Waals surface area contributed by atoms with Crippen molar-refractivity contribution in [1.29, 1.82) is 0 Å². The minimum Gasteiger partial charge on any atom is -0.116 e. The molecule has 0 unspecified atom stereocenters. The van der Waals surface area contributed by atoms with Gasteiger partial charge in [-0.3, -0.25) is 0 Å². The Morgan fingerprint density at radius 1 is 0.571 bits per heavy atom. The van der Waals surface area contributed by atoms with Crippen LogP contribution in [-0.4, -0.2) is 30.2 Å². The molecule has 1 radical (unpaired) electrons. The Bertz CT molecular complexity index is 121. The third kappa shape index (κ3) is 4.26. The molecule has 0 aromatic rings. The molecule has 2 fully saturated rings. The van der Waals surface area contributed by atoms with E-state index in [9.17, 15) is 0 Å². The van der Waals surface area contributed by atoms with Crippen molar-refractivity contribution in [2.24, 2.45) is 0 Å². The van der Waals surface area contributed by atoms with Crippen molar-refractivity contribution < 1.29 is 0 Å². The van der Waals surface area contributed by atoms with E-state index in [0.717, 1.165) is 11.3 Å². The first-order valence-corrected chi connectivity index (χ1v) is 7.37. The summed E-state index contributed by atoms with van der Waals surface area (Å²) in [5.41, 5.74) is 2.30. The maximum absolute atomic E-state index is 1.56. The number of rotatable bonds is 2. The van der Waals surface area contributed by atoms with Crippen molar-refractivity contribution in [2.45, 2.75) is 75.5 Å². The topological polar surface area (TPSA) is 0 Å². The van der Waals surface area contributed by atoms with E-state index in [-0.39, 0.29) is 18.9 Å². The molecule has 2 saturated carbocycles. The molecule has 14 heavy (non-hydrogen) atoms. The van der Waals surface area contributed by atoms with Gasteiger partial charge in [0.1, 0.15) is 0 Å². The van der Waals surface area contributed by atoms with Crippen molar-refractivity contribution in [3.63, 3.8) is 0 Å². The zero-order valence-corrected chi connectivity index (χ0v) is 10.7. The molecule has 0 saturated heterocycles. The van der Waals surface area contributed by atoms with Crippen LogP contribution in [0.1, 0.15) is 64.2 Å². The van der Waals surface area contributed by atoms with Crippen LogP contribution < -0.4 is 0 Å². The van der Waals surface area contributed by atoms with Crippen molar-refractivity contribution in [3.05, 3.63) is 0 Å². The van der Waals surface area contributed by atoms with Crippen molar-refractivity contribution >= 4 is 27.4 Å². The van der Waals surface area contributed by atoms with Gasteiger partial charge in [-0.15, -0.1) is 8.58 Å². The zero-order valence-electron chi connectivity index (χ0n) is 9.73. The molecule has 0 N–H and O–H groups in total. The molecule has 0 amide bonds. The monoisotopic (exact) mass is 205 g/mol. The summed E-state index contributed by atoms with van der Waals surface area (Å²) in [7, 11) is 1.33. The molecule has 0 spiro atoms. The van der Waals surface area contributed by atoms with Crippen LogP contribution in [0.15, 0.2) is 0 Å². The first-order chi connectivity index (χ1) is 6.45. The number of hydrogen-bond acceptors (Lipinski definition) is 0. The van der Waals surface area contributed by atoms with Gasteiger partial charge in [0.15, 0.2) is 0 Å². The van der Waals surface area contributed by atoms with Gasteiger partial charge in [0, 0.05) is 18.9 Å². The van der Waals surface area contributed by atoms with Crippen LogP contribution in [0.4, 0.5) is 0 Å². The Balaban J connectivity index is 0.000000980. The molecule has 2 rings (SSSR count). The second-order valence-electron chi connectivity index (χ2n) is 4.84. The normalized spacial score (nSPS) is 25.7. The Morgan fingerprint density at radius 3 is 1.29 bits per heavy atom. The molecule has 0 aliphatic heterocycles. The maximum Gasteiger partial charge on any atom is 0 e. The van der Waals surface area contributed by atoms with E-state index in [1.165, 1.54) is 47.1 Å². The van der Waals surface area contributed by atoms with Gasteiger partial charge in [-0.2, -0.15) is 0 Å². The molecule has 77 valence electrons. The third-order valence-electron chi connectivity index (χ3n) is 3.68. The van der Waals surface area contributed by atoms with E-state index in [2.05, 4.69) is 0 Å². The summed E-state index contributed by atoms with van der Waals surface area (Å²) in [5.74, 6) is 0. The molecule has 0 bridgehead atoms. The SMILES string of the molecule is C1CCC(PC2CCCCC2)CC1.[Li]. The van der Waals surface area contributed by atoms with Gasteiger partial charge in [0.25, 0.3) is 0 Å². The molecule has 0 aromatic carbocycles. The molecule has 0 nitrogen and oxygen atoms in total. The number of hydrogen-bond donors (Lipinski definition) is 0. The molecule has 2 aliphatic rings. The second kappa shape index (κ2) is 7.33. The minimum atomic E-state index is 0. The van der Waals surface area contributed by atoms with Crippen molar-refractivity contribution in [2.75, 3.05) is 0 Å². The summed E-state index contributed by atoms with van der Waals surface area (Å²) >= 11 is 0. The first-order valence-electron chi connectivity index (χ1n) is 6.21. The molecular weight excluding hydrogens is 182 g/mol. The van der Waals surface area contributed by atoms with E-state index in [4.69, 9.17) is 0 Å². The Hall–Kier alpha value is 1.03. The predicted molar refractivity (Wildman–Crippen MR) is 67.8 cm³/mol. The summed E-state index contributed by atoms with van der Waals surface area (Å²) in [6, 6.07) is 0. The van der Waals surface area contributed by atoms with Gasteiger partial charge in [0.2, 0.25) is 0 Å². The molecular formula is C12H23LiP. The summed E-state index contributed by atoms with van der Waals surface area (Å²) in [5, 5.41) is 0. The Labute approximate surface area is 103 Å². The van der Waals surface area contributed by atoms with Gasteiger partial charge >= 0.3 is 0 Å². The largest absolute Gasteiger partial charge is 0.116 e. The first kappa shape index (κ1) is 13.1. The Kier molecular flexibility index (Phi) is 6.85. The van der Waals surface area contributed by atoms with Crippen LogP contribution in [-0.2, 0) is 0 Å². The molecule has 0 atom stereocenters. The zero-order chi connectivity index (χ0) is 8.93. The molecule has 0 aromatic heterocycles. The standard InChI is InChI=1S/C12H23P.Li/c1-3-7-11(8-4-1)13-12-9-5-2-6-10-12;/h11-13H,1-10H2;. The van der Waals surface area contributed by atoms with E-state index >= 15 is 0 Å². The van der Waals surface area contributed by atoms with Crippen LogP contribution in [0.5, 0.6) is 0 Å². The fourth-order valence-corrected chi connectivity index (χ4v) is 5.02. The fourth-order valence-electron chi connectivity index (χ4n) is 2.87. The van der Waals surface area contributed by atoms with Gasteiger partial charge in [-0.25, -0.2) is 0 Å². The van der Waals surface area contributed by atoms with Crippen molar-refractivity contribution in [1.82, 2.24) is 0 Å². The third-order valence-corrected chi connectivity index (χ3v) is 5.78. The molecule has 0 heterocycles. The van der Waals surface area contributed by atoms with E-state index in [1.54, 1.807) is 25.7 Å². The van der Waals surface area contributed by atoms with E-state index < -0.39 is 0 Å². The van der Waals surface area contributed by atoms with Crippen LogP contribution in [0, 0.1) is 0 Å².